The van der Waals surface area contributed by atoms with E-state index in [0.717, 1.165) is 25.1 Å². The molecule has 3 N–H and O–H groups in total. The van der Waals surface area contributed by atoms with Crippen LogP contribution in [-0.4, -0.2) is 20.3 Å². The van der Waals surface area contributed by atoms with Crippen LogP contribution in [0.2, 0.25) is 0 Å². The number of aromatic nitrogens is 2. The number of rotatable bonds is 5. The molecule has 0 radical (unpaired) electrons. The van der Waals surface area contributed by atoms with Gasteiger partial charge in [-0.25, -0.2) is 4.98 Å². The van der Waals surface area contributed by atoms with Crippen LogP contribution in [0, 0.1) is 10.8 Å². The van der Waals surface area contributed by atoms with Gasteiger partial charge in [0.15, 0.2) is 0 Å². The number of nitrogens with zero attached hydrogens (tertiary/aromatic N) is 1. The number of H-pyrrole nitrogens is 1. The predicted molar refractivity (Wildman–Crippen MR) is 62.6 cm³/mol. The number of nitrogens with one attached hydrogen (secondary N) is 3. The molecule has 0 unspecified atom stereocenters. The van der Waals surface area contributed by atoms with Gasteiger partial charge in [-0.1, -0.05) is 36.5 Å². The zero-order valence-electron chi connectivity index (χ0n) is 8.32. The smallest absolute Gasteiger partial charge is 0.149 e. The average Bonchev–Trinajstić information content (AvgIpc) is 2.58. The Bertz CT molecular complexity index is 352. The van der Waals surface area contributed by atoms with Gasteiger partial charge in [-0.05, 0) is 6.42 Å². The number of aromatic amines is 1. The monoisotopic (exact) mass is 246 g/mol. The Hall–Kier alpha value is -0.870. The molecule has 15 heavy (non-hydrogen) atoms. The first-order chi connectivity index (χ1) is 7.06. The third-order valence-electron chi connectivity index (χ3n) is 1.95. The highest BCUT2D eigenvalue weighted by atomic mass is 35.5. The van der Waals surface area contributed by atoms with E-state index in [9.17, 15) is 0 Å². The SMILES string of the molecule is CCCCc1nc(C(=N)Cl)c(C(=N)Cl)[nH]1. The lowest BCUT2D eigenvalue weighted by Gasteiger charge is -1.93. The first-order valence-electron chi connectivity index (χ1n) is 4.64. The zero-order chi connectivity index (χ0) is 11.4. The molecule has 1 aromatic heterocycles. The van der Waals surface area contributed by atoms with Crippen molar-refractivity contribution in [2.45, 2.75) is 26.2 Å². The summed E-state index contributed by atoms with van der Waals surface area (Å²) < 4.78 is 0. The molecule has 82 valence electrons. The van der Waals surface area contributed by atoms with Crippen molar-refractivity contribution in [1.82, 2.24) is 9.97 Å². The Morgan fingerprint density at radius 2 is 2.00 bits per heavy atom. The van der Waals surface area contributed by atoms with Crippen LogP contribution >= 0.6 is 23.2 Å². The maximum absolute atomic E-state index is 7.30. The molecule has 0 aliphatic heterocycles. The molecule has 0 atom stereocenters. The predicted octanol–water partition coefficient (Wildman–Crippen LogP) is 2.88. The molecule has 0 amide bonds. The molecule has 0 aliphatic carbocycles. The van der Waals surface area contributed by atoms with Gasteiger partial charge >= 0.3 is 0 Å². The normalized spacial score (nSPS) is 10.3. The molecule has 0 spiro atoms. The minimum Gasteiger partial charge on any atom is -0.339 e. The molecule has 1 rings (SSSR count). The van der Waals surface area contributed by atoms with Gasteiger partial charge in [0, 0.05) is 6.42 Å². The summed E-state index contributed by atoms with van der Waals surface area (Å²) in [4.78, 5) is 7.04. The molecule has 0 fully saturated rings. The second-order valence-corrected chi connectivity index (χ2v) is 3.89. The van der Waals surface area contributed by atoms with Crippen LogP contribution in [0.15, 0.2) is 0 Å². The van der Waals surface area contributed by atoms with Gasteiger partial charge in [-0.3, -0.25) is 10.8 Å². The number of hydrogen-bond donors (Lipinski definition) is 3. The highest BCUT2D eigenvalue weighted by molar-refractivity contribution is 6.72. The highest BCUT2D eigenvalue weighted by Crippen LogP contribution is 2.13. The summed E-state index contributed by atoms with van der Waals surface area (Å²) >= 11 is 11.1. The van der Waals surface area contributed by atoms with Gasteiger partial charge in [0.2, 0.25) is 0 Å². The van der Waals surface area contributed by atoms with E-state index in [0.29, 0.717) is 5.69 Å². The van der Waals surface area contributed by atoms with Crippen molar-refractivity contribution in [3.63, 3.8) is 0 Å². The Morgan fingerprint density at radius 3 is 2.40 bits per heavy atom. The maximum atomic E-state index is 7.30. The number of unbranched alkanes of at least 4 members (excludes halogenated alkanes) is 1. The fourth-order valence-corrected chi connectivity index (χ4v) is 1.48. The minimum absolute atomic E-state index is 0.175. The van der Waals surface area contributed by atoms with E-state index in [1.807, 2.05) is 0 Å². The van der Waals surface area contributed by atoms with Crippen LogP contribution in [0.3, 0.4) is 0 Å². The van der Waals surface area contributed by atoms with Crippen molar-refractivity contribution in [2.75, 3.05) is 0 Å². The lowest BCUT2D eigenvalue weighted by Crippen LogP contribution is -1.99. The minimum atomic E-state index is -0.200. The fraction of sp³-hybridized carbons (Fsp3) is 0.444. The van der Waals surface area contributed by atoms with Gasteiger partial charge < -0.3 is 4.98 Å². The summed E-state index contributed by atoms with van der Waals surface area (Å²) in [5, 5.41) is 14.2. The molecule has 0 saturated carbocycles. The molecule has 0 aromatic carbocycles. The van der Waals surface area contributed by atoms with Gasteiger partial charge in [-0.15, -0.1) is 0 Å². The van der Waals surface area contributed by atoms with E-state index in [4.69, 9.17) is 34.0 Å². The largest absolute Gasteiger partial charge is 0.339 e. The van der Waals surface area contributed by atoms with Crippen molar-refractivity contribution in [3.8, 4) is 0 Å². The lowest BCUT2D eigenvalue weighted by atomic mass is 10.2. The zero-order valence-corrected chi connectivity index (χ0v) is 9.84. The van der Waals surface area contributed by atoms with E-state index >= 15 is 0 Å². The fourth-order valence-electron chi connectivity index (χ4n) is 1.20. The van der Waals surface area contributed by atoms with Crippen molar-refractivity contribution >= 4 is 33.5 Å². The second-order valence-electron chi connectivity index (χ2n) is 3.14. The number of imidazole rings is 1. The summed E-state index contributed by atoms with van der Waals surface area (Å²) in [6, 6.07) is 0. The van der Waals surface area contributed by atoms with Crippen LogP contribution in [0.4, 0.5) is 0 Å². The first-order valence-corrected chi connectivity index (χ1v) is 5.39. The highest BCUT2D eigenvalue weighted by Gasteiger charge is 2.15. The van der Waals surface area contributed by atoms with E-state index in [-0.39, 0.29) is 16.0 Å². The summed E-state index contributed by atoms with van der Waals surface area (Å²) in [6.45, 7) is 2.08. The first kappa shape index (κ1) is 12.2. The second kappa shape index (κ2) is 5.28. The van der Waals surface area contributed by atoms with Crippen molar-refractivity contribution in [1.29, 1.82) is 10.8 Å². The molecule has 6 heteroatoms. The summed E-state index contributed by atoms with van der Waals surface area (Å²) in [7, 11) is 0. The van der Waals surface area contributed by atoms with E-state index in [1.54, 1.807) is 0 Å². The Kier molecular flexibility index (Phi) is 4.29. The molecular formula is C9H12Cl2N4. The van der Waals surface area contributed by atoms with E-state index in [2.05, 4.69) is 16.9 Å². The molecule has 4 nitrogen and oxygen atoms in total. The van der Waals surface area contributed by atoms with E-state index in [1.165, 1.54) is 0 Å². The van der Waals surface area contributed by atoms with Crippen molar-refractivity contribution < 1.29 is 0 Å². The average molecular weight is 247 g/mol. The third-order valence-corrected chi connectivity index (χ3v) is 2.32. The number of aryl methyl sites for hydroxylation is 1. The molecular weight excluding hydrogens is 235 g/mol. The summed E-state index contributed by atoms with van der Waals surface area (Å²) in [5.74, 6) is 0.720. The Balaban J connectivity index is 2.98. The quantitative estimate of drug-likeness (QED) is 0.687. The molecule has 0 aliphatic rings. The third kappa shape index (κ3) is 3.04. The van der Waals surface area contributed by atoms with Crippen molar-refractivity contribution in [2.24, 2.45) is 0 Å². The van der Waals surface area contributed by atoms with Crippen LogP contribution in [0.25, 0.3) is 0 Å². The topological polar surface area (TPSA) is 76.4 Å². The van der Waals surface area contributed by atoms with E-state index < -0.39 is 0 Å². The van der Waals surface area contributed by atoms with Gasteiger partial charge in [-0.2, -0.15) is 0 Å². The van der Waals surface area contributed by atoms with Gasteiger partial charge in [0.05, 0.1) is 0 Å². The molecule has 0 saturated heterocycles. The summed E-state index contributed by atoms with van der Waals surface area (Å²) in [6.07, 6.45) is 2.83. The van der Waals surface area contributed by atoms with Crippen LogP contribution in [-0.2, 0) is 6.42 Å². The van der Waals surface area contributed by atoms with Gasteiger partial charge in [0.1, 0.15) is 27.6 Å². The van der Waals surface area contributed by atoms with Crippen molar-refractivity contribution in [3.05, 3.63) is 17.2 Å². The summed E-state index contributed by atoms with van der Waals surface area (Å²) in [5.41, 5.74) is 0.575. The number of hydrogen-bond acceptors (Lipinski definition) is 3. The standard InChI is InChI=1S/C9H12Cl2N4/c1-2-3-4-5-14-6(8(10)12)7(15-5)9(11)13/h12-13H,2-4H2,1H3,(H,14,15). The number of halogens is 2. The Morgan fingerprint density at radius 1 is 1.33 bits per heavy atom. The lowest BCUT2D eigenvalue weighted by molar-refractivity contribution is 0.762. The van der Waals surface area contributed by atoms with Crippen LogP contribution in [0.1, 0.15) is 37.0 Å². The van der Waals surface area contributed by atoms with Crippen LogP contribution < -0.4 is 0 Å². The Labute approximate surface area is 98.0 Å². The van der Waals surface area contributed by atoms with Crippen LogP contribution in [0.5, 0.6) is 0 Å². The molecule has 0 bridgehead atoms. The molecule has 1 aromatic rings. The molecule has 1 heterocycles. The maximum Gasteiger partial charge on any atom is 0.149 e. The van der Waals surface area contributed by atoms with Gasteiger partial charge in [0.25, 0.3) is 0 Å².